The summed E-state index contributed by atoms with van der Waals surface area (Å²) < 4.78 is 5.23. The summed E-state index contributed by atoms with van der Waals surface area (Å²) in [6, 6.07) is 12.4. The summed E-state index contributed by atoms with van der Waals surface area (Å²) in [6.45, 7) is 3.56. The van der Waals surface area contributed by atoms with Crippen LogP contribution in [0.5, 0.6) is 0 Å². The standard InChI is InChI=1S/C20H19N5O3/c1-14-22-18(28-23-14)15-6-2-3-7-16(15)19(26)24-10-12-25(13-11-24)20(27)17-8-4-5-9-21-17/h2-9H,10-13H2,1H3. The maximum Gasteiger partial charge on any atom is 0.272 e. The number of hydrogen-bond donors (Lipinski definition) is 0. The van der Waals surface area contributed by atoms with Gasteiger partial charge in [0.15, 0.2) is 5.82 Å². The molecule has 1 aliphatic heterocycles. The summed E-state index contributed by atoms with van der Waals surface area (Å²) in [7, 11) is 0. The smallest absolute Gasteiger partial charge is 0.272 e. The van der Waals surface area contributed by atoms with Gasteiger partial charge in [0.05, 0.1) is 11.1 Å². The fourth-order valence-electron chi connectivity index (χ4n) is 3.20. The molecule has 2 amide bonds. The number of aromatic nitrogens is 3. The van der Waals surface area contributed by atoms with Crippen molar-refractivity contribution in [2.45, 2.75) is 6.92 Å². The van der Waals surface area contributed by atoms with Gasteiger partial charge < -0.3 is 14.3 Å². The molecule has 0 spiro atoms. The molecule has 4 rings (SSSR count). The third-order valence-electron chi connectivity index (χ3n) is 4.65. The number of hydrogen-bond acceptors (Lipinski definition) is 6. The van der Waals surface area contributed by atoms with E-state index in [2.05, 4.69) is 15.1 Å². The molecule has 1 aromatic carbocycles. The van der Waals surface area contributed by atoms with Crippen LogP contribution in [-0.4, -0.2) is 62.9 Å². The van der Waals surface area contributed by atoms with Gasteiger partial charge >= 0.3 is 0 Å². The molecule has 0 N–H and O–H groups in total. The number of nitrogens with zero attached hydrogens (tertiary/aromatic N) is 5. The van der Waals surface area contributed by atoms with Crippen molar-refractivity contribution in [2.24, 2.45) is 0 Å². The average Bonchev–Trinajstić information content (AvgIpc) is 3.19. The first-order valence-corrected chi connectivity index (χ1v) is 9.03. The molecular weight excluding hydrogens is 358 g/mol. The Morgan fingerprint density at radius 2 is 1.61 bits per heavy atom. The number of amides is 2. The van der Waals surface area contributed by atoms with Crippen molar-refractivity contribution in [3.8, 4) is 11.5 Å². The molecule has 0 unspecified atom stereocenters. The first-order valence-electron chi connectivity index (χ1n) is 9.03. The van der Waals surface area contributed by atoms with Crippen LogP contribution in [0.15, 0.2) is 53.2 Å². The fraction of sp³-hybridized carbons (Fsp3) is 0.250. The van der Waals surface area contributed by atoms with E-state index in [4.69, 9.17) is 4.52 Å². The maximum absolute atomic E-state index is 13.1. The van der Waals surface area contributed by atoms with Crippen LogP contribution in [0.3, 0.4) is 0 Å². The Bertz CT molecular complexity index is 994. The molecule has 3 aromatic rings. The number of carbonyl (C=O) groups is 2. The van der Waals surface area contributed by atoms with Crippen molar-refractivity contribution >= 4 is 11.8 Å². The number of piperazine rings is 1. The second-order valence-corrected chi connectivity index (χ2v) is 6.49. The Kier molecular flexibility index (Phi) is 4.84. The molecule has 0 saturated carbocycles. The van der Waals surface area contributed by atoms with Crippen LogP contribution < -0.4 is 0 Å². The molecule has 0 atom stereocenters. The van der Waals surface area contributed by atoms with Gasteiger partial charge in [-0.1, -0.05) is 23.4 Å². The number of rotatable bonds is 3. The Hall–Kier alpha value is -3.55. The normalized spacial score (nSPS) is 14.2. The van der Waals surface area contributed by atoms with Crippen molar-refractivity contribution < 1.29 is 14.1 Å². The minimum absolute atomic E-state index is 0.114. The zero-order valence-electron chi connectivity index (χ0n) is 15.4. The molecule has 142 valence electrons. The van der Waals surface area contributed by atoms with Gasteiger partial charge in [-0.05, 0) is 31.2 Å². The van der Waals surface area contributed by atoms with Crippen LogP contribution in [0.2, 0.25) is 0 Å². The third kappa shape index (κ3) is 3.48. The van der Waals surface area contributed by atoms with Gasteiger partial charge in [-0.15, -0.1) is 0 Å². The van der Waals surface area contributed by atoms with E-state index in [9.17, 15) is 9.59 Å². The van der Waals surface area contributed by atoms with Crippen molar-refractivity contribution in [3.63, 3.8) is 0 Å². The minimum Gasteiger partial charge on any atom is -0.335 e. The summed E-state index contributed by atoms with van der Waals surface area (Å²) >= 11 is 0. The van der Waals surface area contributed by atoms with E-state index in [0.717, 1.165) is 0 Å². The summed E-state index contributed by atoms with van der Waals surface area (Å²) in [4.78, 5) is 37.4. The molecule has 8 nitrogen and oxygen atoms in total. The Morgan fingerprint density at radius 3 is 2.25 bits per heavy atom. The lowest BCUT2D eigenvalue weighted by atomic mass is 10.1. The van der Waals surface area contributed by atoms with E-state index in [0.29, 0.717) is 54.7 Å². The molecule has 0 bridgehead atoms. The molecule has 1 aliphatic rings. The van der Waals surface area contributed by atoms with Crippen LogP contribution >= 0.6 is 0 Å². The fourth-order valence-corrected chi connectivity index (χ4v) is 3.20. The van der Waals surface area contributed by atoms with Crippen LogP contribution in [0.1, 0.15) is 26.7 Å². The van der Waals surface area contributed by atoms with Crippen molar-refractivity contribution in [1.29, 1.82) is 0 Å². The van der Waals surface area contributed by atoms with Crippen molar-refractivity contribution in [3.05, 3.63) is 65.7 Å². The van der Waals surface area contributed by atoms with Gasteiger partial charge in [0, 0.05) is 32.4 Å². The molecule has 3 heterocycles. The number of pyridine rings is 1. The monoisotopic (exact) mass is 377 g/mol. The Balaban J connectivity index is 1.47. The first-order chi connectivity index (χ1) is 13.6. The zero-order chi connectivity index (χ0) is 19.5. The molecule has 1 saturated heterocycles. The summed E-state index contributed by atoms with van der Waals surface area (Å²) in [5.41, 5.74) is 1.54. The van der Waals surface area contributed by atoms with Crippen molar-refractivity contribution in [1.82, 2.24) is 24.9 Å². The lowest BCUT2D eigenvalue weighted by molar-refractivity contribution is 0.0532. The molecule has 0 aliphatic carbocycles. The highest BCUT2D eigenvalue weighted by atomic mass is 16.5. The highest BCUT2D eigenvalue weighted by molar-refractivity contribution is 6.00. The second kappa shape index (κ2) is 7.59. The lowest BCUT2D eigenvalue weighted by Gasteiger charge is -2.34. The van der Waals surface area contributed by atoms with Crippen molar-refractivity contribution in [2.75, 3.05) is 26.2 Å². The third-order valence-corrected chi connectivity index (χ3v) is 4.65. The Labute approximate surface area is 161 Å². The molecule has 8 heteroatoms. The molecule has 2 aromatic heterocycles. The largest absolute Gasteiger partial charge is 0.335 e. The van der Waals surface area contributed by atoms with E-state index in [-0.39, 0.29) is 11.8 Å². The van der Waals surface area contributed by atoms with E-state index < -0.39 is 0 Å². The SMILES string of the molecule is Cc1noc(-c2ccccc2C(=O)N2CCN(C(=O)c3ccccn3)CC2)n1. The predicted molar refractivity (Wildman–Crippen MR) is 101 cm³/mol. The summed E-state index contributed by atoms with van der Waals surface area (Å²) in [5, 5.41) is 3.80. The van der Waals surface area contributed by atoms with Gasteiger partial charge in [-0.2, -0.15) is 4.98 Å². The maximum atomic E-state index is 13.1. The minimum atomic E-state index is -0.116. The molecule has 0 radical (unpaired) electrons. The number of carbonyl (C=O) groups excluding carboxylic acids is 2. The lowest BCUT2D eigenvalue weighted by Crippen LogP contribution is -2.50. The van der Waals surface area contributed by atoms with E-state index >= 15 is 0 Å². The van der Waals surface area contributed by atoms with E-state index in [1.165, 1.54) is 0 Å². The van der Waals surface area contributed by atoms with Crippen LogP contribution in [0, 0.1) is 6.92 Å². The van der Waals surface area contributed by atoms with Crippen LogP contribution in [0.25, 0.3) is 11.5 Å². The second-order valence-electron chi connectivity index (χ2n) is 6.49. The van der Waals surface area contributed by atoms with Crippen LogP contribution in [0.4, 0.5) is 0 Å². The van der Waals surface area contributed by atoms with Crippen LogP contribution in [-0.2, 0) is 0 Å². The quantitative estimate of drug-likeness (QED) is 0.694. The highest BCUT2D eigenvalue weighted by Crippen LogP contribution is 2.24. The van der Waals surface area contributed by atoms with Gasteiger partial charge in [0.1, 0.15) is 5.69 Å². The number of aryl methyl sites for hydroxylation is 1. The first kappa shape index (κ1) is 17.8. The Morgan fingerprint density at radius 1 is 0.929 bits per heavy atom. The van der Waals surface area contributed by atoms with Gasteiger partial charge in [-0.25, -0.2) is 0 Å². The zero-order valence-corrected chi connectivity index (χ0v) is 15.4. The van der Waals surface area contributed by atoms with Gasteiger partial charge in [-0.3, -0.25) is 14.6 Å². The number of benzene rings is 1. The molecule has 1 fully saturated rings. The molecule has 28 heavy (non-hydrogen) atoms. The predicted octanol–water partition coefficient (Wildman–Crippen LogP) is 2.04. The summed E-state index contributed by atoms with van der Waals surface area (Å²) in [5.74, 6) is 0.607. The van der Waals surface area contributed by atoms with E-state index in [1.807, 2.05) is 6.07 Å². The summed E-state index contributed by atoms with van der Waals surface area (Å²) in [6.07, 6.45) is 1.60. The average molecular weight is 377 g/mol. The van der Waals surface area contributed by atoms with E-state index in [1.54, 1.807) is 59.3 Å². The van der Waals surface area contributed by atoms with Gasteiger partial charge in [0.25, 0.3) is 17.7 Å². The highest BCUT2D eigenvalue weighted by Gasteiger charge is 2.27. The topological polar surface area (TPSA) is 92.4 Å². The molecular formula is C20H19N5O3. The van der Waals surface area contributed by atoms with Gasteiger partial charge in [0.2, 0.25) is 0 Å².